The number of benzene rings is 1. The number of para-hydroxylation sites is 1. The lowest BCUT2D eigenvalue weighted by atomic mass is 10.2. The van der Waals surface area contributed by atoms with Gasteiger partial charge >= 0.3 is 6.01 Å². The topological polar surface area (TPSA) is 44.2 Å². The first kappa shape index (κ1) is 12.4. The third kappa shape index (κ3) is 3.20. The zero-order valence-corrected chi connectivity index (χ0v) is 10.9. The third-order valence-corrected chi connectivity index (χ3v) is 3.44. The SMILES string of the molecule is c1ccc2nc(OCCOC3CCCC3)ncc2c1. The van der Waals surface area contributed by atoms with E-state index in [1.807, 2.05) is 24.3 Å². The highest BCUT2D eigenvalue weighted by Gasteiger charge is 2.14. The fourth-order valence-corrected chi connectivity index (χ4v) is 2.43. The molecule has 1 saturated carbocycles. The van der Waals surface area contributed by atoms with Gasteiger partial charge in [0.05, 0.1) is 18.2 Å². The van der Waals surface area contributed by atoms with Gasteiger partial charge in [-0.15, -0.1) is 0 Å². The molecule has 4 nitrogen and oxygen atoms in total. The fourth-order valence-electron chi connectivity index (χ4n) is 2.43. The number of ether oxygens (including phenoxy) is 2. The largest absolute Gasteiger partial charge is 0.461 e. The van der Waals surface area contributed by atoms with Crippen molar-refractivity contribution in [1.82, 2.24) is 9.97 Å². The zero-order chi connectivity index (χ0) is 12.9. The minimum Gasteiger partial charge on any atom is -0.461 e. The summed E-state index contributed by atoms with van der Waals surface area (Å²) in [6.45, 7) is 1.12. The van der Waals surface area contributed by atoms with E-state index >= 15 is 0 Å². The minimum atomic E-state index is 0.425. The fraction of sp³-hybridized carbons (Fsp3) is 0.467. The number of rotatable bonds is 5. The van der Waals surface area contributed by atoms with Crippen molar-refractivity contribution >= 4 is 10.9 Å². The van der Waals surface area contributed by atoms with Gasteiger partial charge in [0.2, 0.25) is 0 Å². The molecule has 1 aromatic heterocycles. The van der Waals surface area contributed by atoms with Crippen molar-refractivity contribution < 1.29 is 9.47 Å². The molecule has 1 heterocycles. The molecule has 19 heavy (non-hydrogen) atoms. The summed E-state index contributed by atoms with van der Waals surface area (Å²) in [5.74, 6) is 0. The Morgan fingerprint density at radius 3 is 2.84 bits per heavy atom. The van der Waals surface area contributed by atoms with Crippen LogP contribution in [-0.2, 0) is 4.74 Å². The molecule has 0 amide bonds. The highest BCUT2D eigenvalue weighted by atomic mass is 16.5. The quantitative estimate of drug-likeness (QED) is 0.773. The van der Waals surface area contributed by atoms with Crippen LogP contribution in [-0.4, -0.2) is 29.3 Å². The van der Waals surface area contributed by atoms with Crippen LogP contribution in [0.1, 0.15) is 25.7 Å². The third-order valence-electron chi connectivity index (χ3n) is 3.44. The molecule has 0 radical (unpaired) electrons. The molecule has 2 aromatic rings. The lowest BCUT2D eigenvalue weighted by Gasteiger charge is -2.11. The molecule has 100 valence electrons. The Hall–Kier alpha value is -1.68. The van der Waals surface area contributed by atoms with Crippen LogP contribution in [0.2, 0.25) is 0 Å². The van der Waals surface area contributed by atoms with E-state index in [1.165, 1.54) is 25.7 Å². The Morgan fingerprint density at radius 1 is 1.11 bits per heavy atom. The summed E-state index contributed by atoms with van der Waals surface area (Å²) < 4.78 is 11.3. The molecule has 0 unspecified atom stereocenters. The smallest absolute Gasteiger partial charge is 0.316 e. The van der Waals surface area contributed by atoms with Crippen LogP contribution < -0.4 is 4.74 Å². The van der Waals surface area contributed by atoms with Gasteiger partial charge in [-0.1, -0.05) is 31.0 Å². The second kappa shape index (κ2) is 5.97. The van der Waals surface area contributed by atoms with E-state index in [2.05, 4.69) is 9.97 Å². The first-order valence-electron chi connectivity index (χ1n) is 6.88. The molecule has 4 heteroatoms. The van der Waals surface area contributed by atoms with Gasteiger partial charge < -0.3 is 9.47 Å². The molecule has 0 spiro atoms. The molecule has 0 saturated heterocycles. The molecule has 0 bridgehead atoms. The molecule has 0 N–H and O–H groups in total. The number of fused-ring (bicyclic) bond motifs is 1. The molecular formula is C15H18N2O2. The van der Waals surface area contributed by atoms with Gasteiger partial charge in [0, 0.05) is 11.6 Å². The summed E-state index contributed by atoms with van der Waals surface area (Å²) in [6.07, 6.45) is 7.17. The van der Waals surface area contributed by atoms with Crippen LogP contribution >= 0.6 is 0 Å². The lowest BCUT2D eigenvalue weighted by molar-refractivity contribution is 0.0365. The number of aromatic nitrogens is 2. The van der Waals surface area contributed by atoms with E-state index in [9.17, 15) is 0 Å². The first-order chi connectivity index (χ1) is 9.42. The second-order valence-electron chi connectivity index (χ2n) is 4.84. The average Bonchev–Trinajstić information content (AvgIpc) is 2.97. The van der Waals surface area contributed by atoms with Gasteiger partial charge in [-0.25, -0.2) is 4.98 Å². The molecule has 1 aliphatic carbocycles. The molecule has 1 fully saturated rings. The second-order valence-corrected chi connectivity index (χ2v) is 4.84. The Bertz CT molecular complexity index is 538. The Balaban J connectivity index is 1.50. The molecule has 0 atom stereocenters. The van der Waals surface area contributed by atoms with Crippen molar-refractivity contribution in [2.45, 2.75) is 31.8 Å². The normalized spacial score (nSPS) is 16.0. The summed E-state index contributed by atoms with van der Waals surface area (Å²) in [5.41, 5.74) is 0.907. The van der Waals surface area contributed by atoms with Gasteiger partial charge in [0.15, 0.2) is 0 Å². The molecule has 0 aliphatic heterocycles. The standard InChI is InChI=1S/C15H18N2O2/c1-4-8-14-12(5-1)11-16-15(17-14)19-10-9-18-13-6-2-3-7-13/h1,4-5,8,11,13H,2-3,6-7,9-10H2. The monoisotopic (exact) mass is 258 g/mol. The molecular weight excluding hydrogens is 240 g/mol. The summed E-state index contributed by atoms with van der Waals surface area (Å²) in [7, 11) is 0. The lowest BCUT2D eigenvalue weighted by Crippen LogP contribution is -2.14. The van der Waals surface area contributed by atoms with Crippen molar-refractivity contribution in [3.05, 3.63) is 30.5 Å². The van der Waals surface area contributed by atoms with E-state index in [4.69, 9.17) is 9.47 Å². The van der Waals surface area contributed by atoms with Crippen LogP contribution in [0.3, 0.4) is 0 Å². The highest BCUT2D eigenvalue weighted by molar-refractivity contribution is 5.77. The minimum absolute atomic E-state index is 0.425. The van der Waals surface area contributed by atoms with Crippen molar-refractivity contribution in [2.75, 3.05) is 13.2 Å². The van der Waals surface area contributed by atoms with E-state index in [1.54, 1.807) is 6.20 Å². The maximum Gasteiger partial charge on any atom is 0.316 e. The van der Waals surface area contributed by atoms with Crippen molar-refractivity contribution in [3.63, 3.8) is 0 Å². The van der Waals surface area contributed by atoms with Gasteiger partial charge in [0.1, 0.15) is 6.61 Å². The summed E-state index contributed by atoms with van der Waals surface area (Å²) in [5, 5.41) is 1.03. The summed E-state index contributed by atoms with van der Waals surface area (Å²) in [4.78, 5) is 8.54. The predicted molar refractivity (Wildman–Crippen MR) is 73.2 cm³/mol. The maximum atomic E-state index is 5.73. The summed E-state index contributed by atoms with van der Waals surface area (Å²) >= 11 is 0. The average molecular weight is 258 g/mol. The van der Waals surface area contributed by atoms with Crippen molar-refractivity contribution in [3.8, 4) is 6.01 Å². The first-order valence-corrected chi connectivity index (χ1v) is 6.88. The summed E-state index contributed by atoms with van der Waals surface area (Å²) in [6, 6.07) is 8.30. The Kier molecular flexibility index (Phi) is 3.89. The van der Waals surface area contributed by atoms with Crippen LogP contribution in [0, 0.1) is 0 Å². The van der Waals surface area contributed by atoms with Gasteiger partial charge in [-0.05, 0) is 18.9 Å². The van der Waals surface area contributed by atoms with E-state index in [-0.39, 0.29) is 0 Å². The number of hydrogen-bond donors (Lipinski definition) is 0. The Morgan fingerprint density at radius 2 is 1.95 bits per heavy atom. The van der Waals surface area contributed by atoms with Crippen LogP contribution in [0.15, 0.2) is 30.5 Å². The molecule has 1 aromatic carbocycles. The zero-order valence-electron chi connectivity index (χ0n) is 10.9. The van der Waals surface area contributed by atoms with Crippen LogP contribution in [0.5, 0.6) is 6.01 Å². The van der Waals surface area contributed by atoms with Crippen LogP contribution in [0.4, 0.5) is 0 Å². The van der Waals surface area contributed by atoms with Gasteiger partial charge in [0.25, 0.3) is 0 Å². The maximum absolute atomic E-state index is 5.73. The van der Waals surface area contributed by atoms with E-state index < -0.39 is 0 Å². The number of hydrogen-bond acceptors (Lipinski definition) is 4. The molecule has 1 aliphatic rings. The van der Waals surface area contributed by atoms with Gasteiger partial charge in [-0.3, -0.25) is 0 Å². The number of nitrogens with zero attached hydrogens (tertiary/aromatic N) is 2. The van der Waals surface area contributed by atoms with Crippen molar-refractivity contribution in [1.29, 1.82) is 0 Å². The predicted octanol–water partition coefficient (Wildman–Crippen LogP) is 2.97. The van der Waals surface area contributed by atoms with Crippen molar-refractivity contribution in [2.24, 2.45) is 0 Å². The molecule has 3 rings (SSSR count). The Labute approximate surface area is 112 Å². The van der Waals surface area contributed by atoms with Crippen LogP contribution in [0.25, 0.3) is 10.9 Å². The van der Waals surface area contributed by atoms with E-state index in [0.29, 0.717) is 25.3 Å². The van der Waals surface area contributed by atoms with E-state index in [0.717, 1.165) is 10.9 Å². The highest BCUT2D eigenvalue weighted by Crippen LogP contribution is 2.20. The van der Waals surface area contributed by atoms with Gasteiger partial charge in [-0.2, -0.15) is 4.98 Å².